The zero-order valence-electron chi connectivity index (χ0n) is 16.0. The van der Waals surface area contributed by atoms with E-state index in [4.69, 9.17) is 9.15 Å². The van der Waals surface area contributed by atoms with E-state index in [0.717, 1.165) is 5.52 Å². The Labute approximate surface area is 171 Å². The van der Waals surface area contributed by atoms with Crippen LogP contribution in [-0.4, -0.2) is 41.5 Å². The zero-order chi connectivity index (χ0) is 21.3. The minimum absolute atomic E-state index is 0.00627. The molecular weight excluding hydrogens is 392 g/mol. The Morgan fingerprint density at radius 3 is 2.60 bits per heavy atom. The summed E-state index contributed by atoms with van der Waals surface area (Å²) < 4.78 is 10.5. The van der Waals surface area contributed by atoms with Gasteiger partial charge in [0.05, 0.1) is 11.3 Å². The lowest BCUT2D eigenvalue weighted by Gasteiger charge is -2.08. The number of ether oxygens (including phenoxy) is 1. The number of aromatic nitrogens is 1. The highest BCUT2D eigenvalue weighted by Crippen LogP contribution is 2.16. The summed E-state index contributed by atoms with van der Waals surface area (Å²) in [6, 6.07) is 13.3. The van der Waals surface area contributed by atoms with E-state index in [-0.39, 0.29) is 25.1 Å². The van der Waals surface area contributed by atoms with Crippen LogP contribution in [0.15, 0.2) is 52.9 Å². The second-order valence-electron chi connectivity index (χ2n) is 6.32. The van der Waals surface area contributed by atoms with Crippen LogP contribution < -0.4 is 10.6 Å². The van der Waals surface area contributed by atoms with E-state index in [1.807, 2.05) is 18.2 Å². The highest BCUT2D eigenvalue weighted by atomic mass is 16.6. The van der Waals surface area contributed by atoms with Crippen LogP contribution in [0.5, 0.6) is 0 Å². The molecule has 156 valence electrons. The summed E-state index contributed by atoms with van der Waals surface area (Å²) in [4.78, 5) is 37.9. The molecule has 10 heteroatoms. The number of nitrogens with one attached hydrogen (secondary N) is 2. The predicted octanol–water partition coefficient (Wildman–Crippen LogP) is 2.44. The van der Waals surface area contributed by atoms with E-state index in [0.29, 0.717) is 30.3 Å². The van der Waals surface area contributed by atoms with Gasteiger partial charge in [-0.05, 0) is 24.3 Å². The largest absolute Gasteiger partial charge is 0.456 e. The van der Waals surface area contributed by atoms with E-state index in [9.17, 15) is 19.7 Å². The van der Waals surface area contributed by atoms with E-state index in [1.165, 1.54) is 12.1 Å². The molecule has 0 spiro atoms. The number of hydrogen-bond acceptors (Lipinski definition) is 8. The average Bonchev–Trinajstić information content (AvgIpc) is 3.17. The summed E-state index contributed by atoms with van der Waals surface area (Å²) in [5, 5.41) is 16.2. The first-order valence-corrected chi connectivity index (χ1v) is 9.26. The molecule has 0 saturated carbocycles. The van der Waals surface area contributed by atoms with E-state index in [1.54, 1.807) is 18.2 Å². The summed E-state index contributed by atoms with van der Waals surface area (Å²) in [6.07, 6.45) is 0.343. The molecule has 0 aliphatic rings. The van der Waals surface area contributed by atoms with Gasteiger partial charge in [0.25, 0.3) is 11.6 Å². The van der Waals surface area contributed by atoms with Gasteiger partial charge in [0.15, 0.2) is 18.1 Å². The Bertz CT molecular complexity index is 998. The SMILES string of the molecule is O=C(COC(=O)CCc1nc2ccccc2o1)NCCNc1ccc([N+](=O)[O-])cc1. The van der Waals surface area contributed by atoms with Gasteiger partial charge in [0.2, 0.25) is 0 Å². The third-order valence-corrected chi connectivity index (χ3v) is 4.10. The summed E-state index contributed by atoms with van der Waals surface area (Å²) in [5.74, 6) is -0.498. The van der Waals surface area contributed by atoms with Crippen LogP contribution in [0, 0.1) is 10.1 Å². The molecule has 1 amide bonds. The second-order valence-corrected chi connectivity index (χ2v) is 6.32. The number of esters is 1. The van der Waals surface area contributed by atoms with Crippen molar-refractivity contribution < 1.29 is 23.7 Å². The van der Waals surface area contributed by atoms with Crippen LogP contribution >= 0.6 is 0 Å². The first-order valence-electron chi connectivity index (χ1n) is 9.26. The number of oxazole rings is 1. The number of amides is 1. The molecule has 0 atom stereocenters. The molecule has 3 rings (SSSR count). The van der Waals surface area contributed by atoms with Crippen LogP contribution in [0.25, 0.3) is 11.1 Å². The number of hydrogen-bond donors (Lipinski definition) is 2. The zero-order valence-corrected chi connectivity index (χ0v) is 16.0. The Morgan fingerprint density at radius 1 is 1.10 bits per heavy atom. The number of fused-ring (bicyclic) bond motifs is 1. The number of anilines is 1. The smallest absolute Gasteiger partial charge is 0.306 e. The first-order chi connectivity index (χ1) is 14.5. The third-order valence-electron chi connectivity index (χ3n) is 4.10. The third kappa shape index (κ3) is 6.03. The fourth-order valence-electron chi connectivity index (χ4n) is 2.61. The van der Waals surface area contributed by atoms with Crippen molar-refractivity contribution in [2.75, 3.05) is 25.0 Å². The molecular formula is C20H20N4O6. The number of carbonyl (C=O) groups is 2. The summed E-state index contributed by atoms with van der Waals surface area (Å²) in [5.41, 5.74) is 2.08. The van der Waals surface area contributed by atoms with Crippen LogP contribution in [0.3, 0.4) is 0 Å². The van der Waals surface area contributed by atoms with Crippen molar-refractivity contribution in [3.05, 3.63) is 64.5 Å². The number of aryl methyl sites for hydroxylation is 1. The average molecular weight is 412 g/mol. The fraction of sp³-hybridized carbons (Fsp3) is 0.250. The van der Waals surface area contributed by atoms with Gasteiger partial charge in [-0.25, -0.2) is 4.98 Å². The highest BCUT2D eigenvalue weighted by molar-refractivity contribution is 5.80. The van der Waals surface area contributed by atoms with Crippen molar-refractivity contribution in [1.82, 2.24) is 10.3 Å². The van der Waals surface area contributed by atoms with Crippen LogP contribution in [0.4, 0.5) is 11.4 Å². The van der Waals surface area contributed by atoms with Gasteiger partial charge in [-0.2, -0.15) is 0 Å². The minimum Gasteiger partial charge on any atom is -0.456 e. The van der Waals surface area contributed by atoms with Crippen molar-refractivity contribution in [2.24, 2.45) is 0 Å². The van der Waals surface area contributed by atoms with Crippen LogP contribution in [0.1, 0.15) is 12.3 Å². The van der Waals surface area contributed by atoms with Crippen molar-refractivity contribution in [3.63, 3.8) is 0 Å². The molecule has 0 aliphatic carbocycles. The quantitative estimate of drug-likeness (QED) is 0.224. The first kappa shape index (κ1) is 20.8. The molecule has 30 heavy (non-hydrogen) atoms. The number of carbonyl (C=O) groups excluding carboxylic acids is 2. The van der Waals surface area contributed by atoms with Gasteiger partial charge in [0, 0.05) is 37.3 Å². The Balaban J connectivity index is 1.29. The maximum atomic E-state index is 11.8. The molecule has 2 N–H and O–H groups in total. The summed E-state index contributed by atoms with van der Waals surface area (Å²) >= 11 is 0. The summed E-state index contributed by atoms with van der Waals surface area (Å²) in [6.45, 7) is 0.343. The molecule has 0 fully saturated rings. The van der Waals surface area contributed by atoms with Crippen molar-refractivity contribution in [2.45, 2.75) is 12.8 Å². The second kappa shape index (κ2) is 10.0. The maximum Gasteiger partial charge on any atom is 0.306 e. The Morgan fingerprint density at radius 2 is 1.87 bits per heavy atom. The molecule has 0 unspecified atom stereocenters. The molecule has 0 aliphatic heterocycles. The maximum absolute atomic E-state index is 11.8. The highest BCUT2D eigenvalue weighted by Gasteiger charge is 2.11. The molecule has 0 radical (unpaired) electrons. The van der Waals surface area contributed by atoms with Gasteiger partial charge in [0.1, 0.15) is 5.52 Å². The topological polar surface area (TPSA) is 137 Å². The molecule has 2 aromatic carbocycles. The van der Waals surface area contributed by atoms with E-state index in [2.05, 4.69) is 15.6 Å². The molecule has 1 aromatic heterocycles. The molecule has 10 nitrogen and oxygen atoms in total. The molecule has 3 aromatic rings. The van der Waals surface area contributed by atoms with E-state index < -0.39 is 16.8 Å². The lowest BCUT2D eigenvalue weighted by molar-refractivity contribution is -0.384. The summed E-state index contributed by atoms with van der Waals surface area (Å²) in [7, 11) is 0. The normalized spacial score (nSPS) is 10.5. The Kier molecular flexibility index (Phi) is 6.93. The monoisotopic (exact) mass is 412 g/mol. The van der Waals surface area contributed by atoms with Crippen molar-refractivity contribution >= 4 is 34.4 Å². The number of non-ortho nitro benzene ring substituents is 1. The standard InChI is InChI=1S/C20H20N4O6/c25-18(22-12-11-21-14-5-7-15(8-6-14)24(27)28)13-29-20(26)10-9-19-23-16-3-1-2-4-17(16)30-19/h1-8,21H,9-13H2,(H,22,25). The minimum atomic E-state index is -0.517. The molecule has 1 heterocycles. The number of para-hydroxylation sites is 2. The lowest BCUT2D eigenvalue weighted by atomic mass is 10.3. The fourth-order valence-corrected chi connectivity index (χ4v) is 2.61. The number of nitro benzene ring substituents is 1. The van der Waals surface area contributed by atoms with Gasteiger partial charge in [-0.3, -0.25) is 19.7 Å². The van der Waals surface area contributed by atoms with Crippen LogP contribution in [-0.2, 0) is 20.7 Å². The van der Waals surface area contributed by atoms with E-state index >= 15 is 0 Å². The van der Waals surface area contributed by atoms with Crippen LogP contribution in [0.2, 0.25) is 0 Å². The number of nitro groups is 1. The molecule has 0 bridgehead atoms. The van der Waals surface area contributed by atoms with Gasteiger partial charge in [-0.1, -0.05) is 12.1 Å². The van der Waals surface area contributed by atoms with Gasteiger partial charge < -0.3 is 19.8 Å². The molecule has 0 saturated heterocycles. The number of rotatable bonds is 10. The van der Waals surface area contributed by atoms with Crippen molar-refractivity contribution in [3.8, 4) is 0 Å². The Hall–Kier alpha value is -3.95. The predicted molar refractivity (Wildman–Crippen MR) is 108 cm³/mol. The number of nitrogens with zero attached hydrogens (tertiary/aromatic N) is 2. The lowest BCUT2D eigenvalue weighted by Crippen LogP contribution is -2.32. The number of benzene rings is 2. The van der Waals surface area contributed by atoms with Gasteiger partial charge >= 0.3 is 5.97 Å². The van der Waals surface area contributed by atoms with Crippen molar-refractivity contribution in [1.29, 1.82) is 0 Å². The van der Waals surface area contributed by atoms with Gasteiger partial charge in [-0.15, -0.1) is 0 Å².